The Morgan fingerprint density at radius 1 is 1.00 bits per heavy atom. The molecule has 0 aromatic heterocycles. The van der Waals surface area contributed by atoms with Crippen molar-refractivity contribution in [1.29, 1.82) is 0 Å². The van der Waals surface area contributed by atoms with Crippen LogP contribution in [0.4, 0.5) is 22.7 Å². The maximum atomic E-state index is 11.0. The molecule has 0 aliphatic carbocycles. The summed E-state index contributed by atoms with van der Waals surface area (Å²) in [5.41, 5.74) is -4.28. The zero-order valence-corrected chi connectivity index (χ0v) is 12.7. The van der Waals surface area contributed by atoms with Crippen LogP contribution in [0, 0.1) is 30.3 Å². The van der Waals surface area contributed by atoms with Crippen LogP contribution in [0.25, 0.3) is 0 Å². The number of rotatable bonds is 10. The summed E-state index contributed by atoms with van der Waals surface area (Å²) in [5, 5.41) is 53.7. The molecule has 0 aliphatic rings. The molecule has 0 amide bonds. The van der Waals surface area contributed by atoms with Crippen molar-refractivity contribution in [3.05, 3.63) is 36.4 Å². The molecule has 0 heterocycles. The lowest BCUT2D eigenvalue weighted by Crippen LogP contribution is -2.07. The van der Waals surface area contributed by atoms with Crippen molar-refractivity contribution in [2.75, 3.05) is 11.9 Å². The van der Waals surface area contributed by atoms with Crippen molar-refractivity contribution in [2.45, 2.75) is 25.7 Å². The van der Waals surface area contributed by atoms with Gasteiger partial charge in [-0.25, -0.2) is 0 Å². The molecular formula is C12H14N4O9. The van der Waals surface area contributed by atoms with Gasteiger partial charge >= 0.3 is 23.0 Å². The summed E-state index contributed by atoms with van der Waals surface area (Å²) in [6.45, 7) is 0.124. The third kappa shape index (κ3) is 4.98. The van der Waals surface area contributed by atoms with Crippen molar-refractivity contribution < 1.29 is 29.8 Å². The molecule has 1 aromatic carbocycles. The molecule has 25 heavy (non-hydrogen) atoms. The Hall–Kier alpha value is -3.51. The lowest BCUT2D eigenvalue weighted by atomic mass is 10.1. The highest BCUT2D eigenvalue weighted by atomic mass is 16.6. The lowest BCUT2D eigenvalue weighted by molar-refractivity contribution is -0.441. The number of anilines is 1. The number of nitrogens with zero attached hydrogens (tertiary/aromatic N) is 3. The molecule has 0 bridgehead atoms. The van der Waals surface area contributed by atoms with Crippen LogP contribution in [0.3, 0.4) is 0 Å². The third-order valence-corrected chi connectivity index (χ3v) is 3.17. The average molecular weight is 358 g/mol. The van der Waals surface area contributed by atoms with E-state index in [4.69, 9.17) is 5.11 Å². The van der Waals surface area contributed by atoms with Gasteiger partial charge in [0.2, 0.25) is 5.75 Å². The Kier molecular flexibility index (Phi) is 6.54. The summed E-state index contributed by atoms with van der Waals surface area (Å²) in [6.07, 6.45) is 1.28. The van der Waals surface area contributed by atoms with Crippen LogP contribution in [-0.4, -0.2) is 37.5 Å². The highest BCUT2D eigenvalue weighted by Gasteiger charge is 2.41. The van der Waals surface area contributed by atoms with Gasteiger partial charge in [0.05, 0.1) is 26.5 Å². The number of hydrogen-bond acceptors (Lipinski definition) is 9. The molecule has 0 saturated heterocycles. The molecule has 0 atom stereocenters. The number of unbranched alkanes of at least 4 members (excludes halogenated alkanes) is 2. The van der Waals surface area contributed by atoms with E-state index in [0.717, 1.165) is 0 Å². The topological polar surface area (TPSA) is 199 Å². The zero-order chi connectivity index (χ0) is 19.1. The maximum Gasteiger partial charge on any atom is 0.426 e. The van der Waals surface area contributed by atoms with E-state index < -0.39 is 43.6 Å². The van der Waals surface area contributed by atoms with Crippen molar-refractivity contribution in [2.24, 2.45) is 0 Å². The minimum atomic E-state index is -1.40. The number of nitrogens with one attached hydrogen (secondary N) is 1. The number of nitro benzene ring substituents is 3. The van der Waals surface area contributed by atoms with Crippen molar-refractivity contribution in [3.8, 4) is 5.75 Å². The van der Waals surface area contributed by atoms with Crippen molar-refractivity contribution >= 4 is 28.7 Å². The van der Waals surface area contributed by atoms with Gasteiger partial charge < -0.3 is 15.5 Å². The van der Waals surface area contributed by atoms with Crippen LogP contribution in [0.2, 0.25) is 0 Å². The van der Waals surface area contributed by atoms with E-state index in [1.54, 1.807) is 0 Å². The van der Waals surface area contributed by atoms with Gasteiger partial charge in [-0.1, -0.05) is 6.42 Å². The van der Waals surface area contributed by atoms with E-state index >= 15 is 0 Å². The Morgan fingerprint density at radius 3 is 2.08 bits per heavy atom. The molecule has 0 fully saturated rings. The molecule has 3 N–H and O–H groups in total. The molecule has 0 saturated carbocycles. The van der Waals surface area contributed by atoms with E-state index in [0.29, 0.717) is 25.3 Å². The van der Waals surface area contributed by atoms with Crippen LogP contribution < -0.4 is 5.32 Å². The van der Waals surface area contributed by atoms with Gasteiger partial charge in [-0.2, -0.15) is 0 Å². The molecule has 0 spiro atoms. The SMILES string of the molecule is O=C(O)CCCCCNc1cc([N+](=O)[O-])c([N+](=O)[O-])c([N+](=O)[O-])c1O. The number of carboxylic acids is 1. The number of carbonyl (C=O) groups is 1. The van der Waals surface area contributed by atoms with E-state index in [9.17, 15) is 40.2 Å². The second-order valence-corrected chi connectivity index (χ2v) is 4.89. The fraction of sp³-hybridized carbons (Fsp3) is 0.417. The van der Waals surface area contributed by atoms with E-state index in [2.05, 4.69) is 5.32 Å². The number of phenols is 1. The van der Waals surface area contributed by atoms with Crippen LogP contribution in [0.15, 0.2) is 6.07 Å². The van der Waals surface area contributed by atoms with Crippen LogP contribution >= 0.6 is 0 Å². The number of aliphatic carboxylic acids is 1. The molecule has 13 heteroatoms. The van der Waals surface area contributed by atoms with Gasteiger partial charge in [0.25, 0.3) is 0 Å². The third-order valence-electron chi connectivity index (χ3n) is 3.17. The number of nitro groups is 3. The first kappa shape index (κ1) is 19.5. The molecular weight excluding hydrogens is 344 g/mol. The molecule has 1 rings (SSSR count). The van der Waals surface area contributed by atoms with Crippen LogP contribution in [0.1, 0.15) is 25.7 Å². The van der Waals surface area contributed by atoms with Crippen LogP contribution in [0.5, 0.6) is 5.75 Å². The second-order valence-electron chi connectivity index (χ2n) is 4.89. The first-order valence-electron chi connectivity index (χ1n) is 6.95. The number of benzene rings is 1. The van der Waals surface area contributed by atoms with E-state index in [1.165, 1.54) is 0 Å². The van der Waals surface area contributed by atoms with Gasteiger partial charge in [0.1, 0.15) is 0 Å². The number of aromatic hydroxyl groups is 1. The predicted molar refractivity (Wildman–Crippen MR) is 82.7 cm³/mol. The highest BCUT2D eigenvalue weighted by Crippen LogP contribution is 2.47. The minimum Gasteiger partial charge on any atom is -0.500 e. The number of hydrogen-bond donors (Lipinski definition) is 3. The molecule has 136 valence electrons. The maximum absolute atomic E-state index is 11.0. The summed E-state index contributed by atoms with van der Waals surface area (Å²) in [7, 11) is 0. The molecule has 13 nitrogen and oxygen atoms in total. The van der Waals surface area contributed by atoms with E-state index in [1.807, 2.05) is 0 Å². The Bertz CT molecular complexity index is 719. The quantitative estimate of drug-likeness (QED) is 0.241. The molecule has 1 aromatic rings. The fourth-order valence-electron chi connectivity index (χ4n) is 2.06. The second kappa shape index (κ2) is 8.37. The summed E-state index contributed by atoms with van der Waals surface area (Å²) in [5.74, 6) is -2.03. The number of carboxylic acid groups (broad SMARTS) is 1. The summed E-state index contributed by atoms with van der Waals surface area (Å²) in [6, 6.07) is 0.651. The average Bonchev–Trinajstić information content (AvgIpc) is 2.50. The monoisotopic (exact) mass is 358 g/mol. The van der Waals surface area contributed by atoms with Gasteiger partial charge in [-0.05, 0) is 12.8 Å². The molecule has 0 aliphatic heterocycles. The Balaban J connectivity index is 3.04. The smallest absolute Gasteiger partial charge is 0.426 e. The lowest BCUT2D eigenvalue weighted by Gasteiger charge is -2.09. The van der Waals surface area contributed by atoms with Crippen molar-refractivity contribution in [3.63, 3.8) is 0 Å². The zero-order valence-electron chi connectivity index (χ0n) is 12.7. The van der Waals surface area contributed by atoms with Gasteiger partial charge in [-0.15, -0.1) is 0 Å². The van der Waals surface area contributed by atoms with E-state index in [-0.39, 0.29) is 18.7 Å². The molecule has 0 unspecified atom stereocenters. The predicted octanol–water partition coefficient (Wildman–Crippen LogP) is 2.17. The fourth-order valence-corrected chi connectivity index (χ4v) is 2.06. The summed E-state index contributed by atoms with van der Waals surface area (Å²) < 4.78 is 0. The highest BCUT2D eigenvalue weighted by molar-refractivity contribution is 5.81. The Labute approximate surface area is 139 Å². The van der Waals surface area contributed by atoms with Crippen molar-refractivity contribution in [1.82, 2.24) is 0 Å². The van der Waals surface area contributed by atoms with Crippen LogP contribution in [-0.2, 0) is 4.79 Å². The largest absolute Gasteiger partial charge is 0.500 e. The normalized spacial score (nSPS) is 10.2. The first-order chi connectivity index (χ1) is 11.7. The molecule has 0 radical (unpaired) electrons. The van der Waals surface area contributed by atoms with Gasteiger partial charge in [0, 0.05) is 13.0 Å². The standard InChI is InChI=1S/C12H14N4O9/c17-9(18)4-2-1-3-5-13-7-6-8(14(20)21)10(15(22)23)11(12(7)19)16(24)25/h6,13,19H,1-5H2,(H,17,18). The van der Waals surface area contributed by atoms with Gasteiger partial charge in [0.15, 0.2) is 0 Å². The summed E-state index contributed by atoms with van der Waals surface area (Å²) in [4.78, 5) is 39.5. The summed E-state index contributed by atoms with van der Waals surface area (Å²) >= 11 is 0. The minimum absolute atomic E-state index is 0.0281. The number of phenolic OH excluding ortho intramolecular Hbond substituents is 1. The first-order valence-corrected chi connectivity index (χ1v) is 6.95. The Morgan fingerprint density at radius 2 is 1.60 bits per heavy atom. The van der Waals surface area contributed by atoms with Gasteiger partial charge in [-0.3, -0.25) is 35.1 Å².